The first-order valence-electron chi connectivity index (χ1n) is 8.28. The summed E-state index contributed by atoms with van der Waals surface area (Å²) in [6.45, 7) is 0. The number of para-hydroxylation sites is 1. The second-order valence-corrected chi connectivity index (χ2v) is 9.32. The summed E-state index contributed by atoms with van der Waals surface area (Å²) in [5.74, 6) is 0. The Bertz CT molecular complexity index is 1280. The Morgan fingerprint density at radius 3 is 2.32 bits per heavy atom. The van der Waals surface area contributed by atoms with Crippen molar-refractivity contribution in [3.8, 4) is 21.7 Å². The van der Waals surface area contributed by atoms with Gasteiger partial charge in [-0.05, 0) is 41.5 Å². The van der Waals surface area contributed by atoms with Gasteiger partial charge in [-0.2, -0.15) is 0 Å². The molecule has 0 aliphatic heterocycles. The quantitative estimate of drug-likeness (QED) is 0.351. The van der Waals surface area contributed by atoms with Gasteiger partial charge >= 0.3 is 0 Å². The number of hydrogen-bond donors (Lipinski definition) is 0. The van der Waals surface area contributed by atoms with Crippen LogP contribution in [-0.2, 0) is 9.84 Å². The van der Waals surface area contributed by atoms with E-state index < -0.39 is 14.8 Å². The molecule has 0 aliphatic carbocycles. The molecule has 1 aromatic heterocycles. The highest BCUT2D eigenvalue weighted by Crippen LogP contribution is 2.38. The Kier molecular flexibility index (Phi) is 4.44. The van der Waals surface area contributed by atoms with E-state index in [1.54, 1.807) is 18.2 Å². The van der Waals surface area contributed by atoms with E-state index in [0.717, 1.165) is 27.0 Å². The van der Waals surface area contributed by atoms with E-state index in [9.17, 15) is 18.5 Å². The monoisotopic (exact) mass is 410 g/mol. The number of nitrogens with zero attached hydrogens (tertiary/aromatic N) is 2. The van der Waals surface area contributed by atoms with Gasteiger partial charge in [0.15, 0.2) is 9.84 Å². The molecule has 0 unspecified atom stereocenters. The Labute approximate surface area is 165 Å². The molecule has 0 saturated heterocycles. The lowest BCUT2D eigenvalue weighted by Gasteiger charge is -2.09. The van der Waals surface area contributed by atoms with Crippen LogP contribution < -0.4 is 0 Å². The second-order valence-electron chi connectivity index (χ2n) is 6.27. The van der Waals surface area contributed by atoms with Gasteiger partial charge in [0, 0.05) is 24.0 Å². The minimum absolute atomic E-state index is 0.0351. The van der Waals surface area contributed by atoms with Crippen LogP contribution in [0.1, 0.15) is 0 Å². The lowest BCUT2D eigenvalue weighted by atomic mass is 9.99. The zero-order valence-corrected chi connectivity index (χ0v) is 16.3. The summed E-state index contributed by atoms with van der Waals surface area (Å²) in [5, 5.41) is 12.0. The van der Waals surface area contributed by atoms with Gasteiger partial charge in [0.05, 0.1) is 20.0 Å². The van der Waals surface area contributed by atoms with Gasteiger partial charge in [0.1, 0.15) is 5.01 Å². The topological polar surface area (TPSA) is 90.2 Å². The van der Waals surface area contributed by atoms with Gasteiger partial charge in [-0.1, -0.05) is 24.3 Å². The van der Waals surface area contributed by atoms with Crippen molar-refractivity contribution in [3.05, 3.63) is 76.8 Å². The first-order chi connectivity index (χ1) is 13.3. The minimum atomic E-state index is -3.32. The van der Waals surface area contributed by atoms with Gasteiger partial charge in [-0.25, -0.2) is 13.4 Å². The zero-order chi connectivity index (χ0) is 19.9. The van der Waals surface area contributed by atoms with Gasteiger partial charge in [0.2, 0.25) is 0 Å². The number of aromatic nitrogens is 1. The van der Waals surface area contributed by atoms with Crippen molar-refractivity contribution in [2.24, 2.45) is 0 Å². The van der Waals surface area contributed by atoms with Crippen molar-refractivity contribution in [2.75, 3.05) is 6.26 Å². The molecule has 6 nitrogen and oxygen atoms in total. The van der Waals surface area contributed by atoms with Crippen LogP contribution in [-0.4, -0.2) is 24.6 Å². The predicted octanol–water partition coefficient (Wildman–Crippen LogP) is 4.94. The lowest BCUT2D eigenvalue weighted by molar-refractivity contribution is -0.384. The summed E-state index contributed by atoms with van der Waals surface area (Å²) in [7, 11) is -3.32. The summed E-state index contributed by atoms with van der Waals surface area (Å²) in [6, 6.07) is 18.7. The maximum Gasteiger partial charge on any atom is 0.270 e. The Morgan fingerprint density at radius 1 is 0.964 bits per heavy atom. The molecule has 0 atom stereocenters. The van der Waals surface area contributed by atoms with Gasteiger partial charge in [-0.3, -0.25) is 10.1 Å². The molecule has 0 radical (unpaired) electrons. The van der Waals surface area contributed by atoms with Gasteiger partial charge < -0.3 is 0 Å². The van der Waals surface area contributed by atoms with Crippen molar-refractivity contribution < 1.29 is 13.3 Å². The van der Waals surface area contributed by atoms with Crippen LogP contribution in [0.4, 0.5) is 5.69 Å². The number of sulfone groups is 1. The van der Waals surface area contributed by atoms with E-state index in [1.807, 2.05) is 24.3 Å². The van der Waals surface area contributed by atoms with Gasteiger partial charge in [0.25, 0.3) is 5.69 Å². The fourth-order valence-corrected chi connectivity index (χ4v) is 4.58. The number of thiazole rings is 1. The van der Waals surface area contributed by atoms with E-state index in [-0.39, 0.29) is 10.6 Å². The molecular formula is C20H14N2O4S2. The van der Waals surface area contributed by atoms with E-state index in [1.165, 1.54) is 35.6 Å². The van der Waals surface area contributed by atoms with Crippen molar-refractivity contribution in [1.82, 2.24) is 4.98 Å². The molecule has 0 aliphatic rings. The SMILES string of the molecule is CS(=O)(=O)c1ccc(-c2cc([N+](=O)[O-])ccc2-c2nc3ccccc3s2)cc1. The van der Waals surface area contributed by atoms with Crippen molar-refractivity contribution in [3.63, 3.8) is 0 Å². The van der Waals surface area contributed by atoms with Crippen LogP contribution in [0, 0.1) is 10.1 Å². The third-order valence-corrected chi connectivity index (χ3v) is 6.53. The summed E-state index contributed by atoms with van der Waals surface area (Å²) < 4.78 is 24.5. The molecule has 140 valence electrons. The molecule has 4 rings (SSSR count). The number of benzene rings is 3. The normalized spacial score (nSPS) is 11.6. The third kappa shape index (κ3) is 3.39. The molecule has 0 bridgehead atoms. The Morgan fingerprint density at radius 2 is 1.68 bits per heavy atom. The molecule has 3 aromatic carbocycles. The van der Waals surface area contributed by atoms with E-state index in [2.05, 4.69) is 4.98 Å². The second kappa shape index (κ2) is 6.81. The number of non-ortho nitro benzene ring substituents is 1. The summed E-state index contributed by atoms with van der Waals surface area (Å²) in [5.41, 5.74) is 2.91. The molecule has 0 spiro atoms. The molecule has 8 heteroatoms. The molecule has 0 fully saturated rings. The molecule has 4 aromatic rings. The van der Waals surface area contributed by atoms with E-state index in [4.69, 9.17) is 0 Å². The number of nitro benzene ring substituents is 1. The summed E-state index contributed by atoms with van der Waals surface area (Å²) in [4.78, 5) is 15.7. The Hall–Kier alpha value is -3.10. The largest absolute Gasteiger partial charge is 0.270 e. The van der Waals surface area contributed by atoms with Crippen LogP contribution in [0.3, 0.4) is 0 Å². The lowest BCUT2D eigenvalue weighted by Crippen LogP contribution is -1.96. The van der Waals surface area contributed by atoms with Crippen LogP contribution in [0.5, 0.6) is 0 Å². The van der Waals surface area contributed by atoms with E-state index in [0.29, 0.717) is 11.1 Å². The predicted molar refractivity (Wildman–Crippen MR) is 110 cm³/mol. The van der Waals surface area contributed by atoms with Crippen molar-refractivity contribution in [1.29, 1.82) is 0 Å². The highest BCUT2D eigenvalue weighted by molar-refractivity contribution is 7.90. The number of hydrogen-bond acceptors (Lipinski definition) is 6. The molecular weight excluding hydrogens is 396 g/mol. The third-order valence-electron chi connectivity index (χ3n) is 4.33. The molecule has 28 heavy (non-hydrogen) atoms. The van der Waals surface area contributed by atoms with Crippen LogP contribution in [0.2, 0.25) is 0 Å². The molecule has 0 saturated carbocycles. The molecule has 1 heterocycles. The smallest absolute Gasteiger partial charge is 0.258 e. The molecule has 0 N–H and O–H groups in total. The Balaban J connectivity index is 1.91. The number of nitro groups is 1. The van der Waals surface area contributed by atoms with E-state index >= 15 is 0 Å². The highest BCUT2D eigenvalue weighted by atomic mass is 32.2. The maximum absolute atomic E-state index is 11.7. The van der Waals surface area contributed by atoms with Crippen LogP contribution in [0.25, 0.3) is 31.9 Å². The fraction of sp³-hybridized carbons (Fsp3) is 0.0500. The van der Waals surface area contributed by atoms with Crippen LogP contribution >= 0.6 is 11.3 Å². The number of fused-ring (bicyclic) bond motifs is 1. The first-order valence-corrected chi connectivity index (χ1v) is 11.0. The zero-order valence-electron chi connectivity index (χ0n) is 14.7. The minimum Gasteiger partial charge on any atom is -0.258 e. The standard InChI is InChI=1S/C20H14N2O4S2/c1-28(25,26)15-9-6-13(7-10-15)17-12-14(22(23)24)8-11-16(17)20-21-18-4-2-3-5-19(18)27-20/h2-12H,1H3. The maximum atomic E-state index is 11.7. The average molecular weight is 410 g/mol. The number of rotatable bonds is 4. The highest BCUT2D eigenvalue weighted by Gasteiger charge is 2.17. The first kappa shape index (κ1) is 18.3. The van der Waals surface area contributed by atoms with Crippen molar-refractivity contribution >= 4 is 37.1 Å². The van der Waals surface area contributed by atoms with Gasteiger partial charge in [-0.15, -0.1) is 11.3 Å². The molecule has 0 amide bonds. The van der Waals surface area contributed by atoms with Crippen molar-refractivity contribution in [2.45, 2.75) is 4.90 Å². The fourth-order valence-electron chi connectivity index (χ4n) is 2.94. The summed E-state index contributed by atoms with van der Waals surface area (Å²) >= 11 is 1.50. The van der Waals surface area contributed by atoms with Crippen LogP contribution in [0.15, 0.2) is 71.6 Å². The average Bonchev–Trinajstić information content (AvgIpc) is 3.11. The summed E-state index contributed by atoms with van der Waals surface area (Å²) in [6.07, 6.45) is 1.14.